The van der Waals surface area contributed by atoms with Gasteiger partial charge in [0.2, 0.25) is 0 Å². The molecule has 0 aromatic carbocycles. The zero-order valence-corrected chi connectivity index (χ0v) is 13.0. The number of hydrogen-bond donors (Lipinski definition) is 1. The Morgan fingerprint density at radius 1 is 1.29 bits per heavy atom. The molecule has 1 N–H and O–H groups in total. The Bertz CT molecular complexity index is 815. The third-order valence-corrected chi connectivity index (χ3v) is 4.23. The second-order valence-electron chi connectivity index (χ2n) is 5.89. The van der Waals surface area contributed by atoms with E-state index in [1.807, 2.05) is 12.1 Å². The maximum Gasteiger partial charge on any atom is 0.272 e. The summed E-state index contributed by atoms with van der Waals surface area (Å²) in [5.74, 6) is 0.0437. The van der Waals surface area contributed by atoms with Crippen LogP contribution in [0.15, 0.2) is 49.1 Å². The maximum absolute atomic E-state index is 12.5. The Morgan fingerprint density at radius 3 is 3.00 bits per heavy atom. The number of nitrogens with zero attached hydrogens (tertiary/aromatic N) is 4. The molecule has 1 saturated heterocycles. The summed E-state index contributed by atoms with van der Waals surface area (Å²) in [7, 11) is 0. The Morgan fingerprint density at radius 2 is 2.17 bits per heavy atom. The molecule has 7 heteroatoms. The van der Waals surface area contributed by atoms with Gasteiger partial charge in [-0.25, -0.2) is 9.50 Å². The Kier molecular flexibility index (Phi) is 3.92. The highest BCUT2D eigenvalue weighted by Crippen LogP contribution is 2.19. The predicted octanol–water partition coefficient (Wildman–Crippen LogP) is 1.11. The zero-order chi connectivity index (χ0) is 16.4. The van der Waals surface area contributed by atoms with Gasteiger partial charge in [0.05, 0.1) is 19.3 Å². The average molecular weight is 323 g/mol. The van der Waals surface area contributed by atoms with Gasteiger partial charge in [-0.1, -0.05) is 0 Å². The number of ether oxygens (including phenoxy) is 1. The number of fused-ring (bicyclic) bond motifs is 1. The van der Waals surface area contributed by atoms with Crippen molar-refractivity contribution in [1.82, 2.24) is 24.9 Å². The molecule has 3 aromatic heterocycles. The minimum absolute atomic E-state index is 0.0246. The van der Waals surface area contributed by atoms with Crippen LogP contribution < -0.4 is 5.32 Å². The van der Waals surface area contributed by atoms with Gasteiger partial charge in [-0.15, -0.1) is 0 Å². The number of pyridine rings is 1. The summed E-state index contributed by atoms with van der Waals surface area (Å²) in [6.45, 7) is 1.16. The van der Waals surface area contributed by atoms with E-state index in [0.29, 0.717) is 24.6 Å². The van der Waals surface area contributed by atoms with Crippen LogP contribution in [0.25, 0.3) is 5.65 Å². The topological polar surface area (TPSA) is 81.4 Å². The Balaban J connectivity index is 1.46. The summed E-state index contributed by atoms with van der Waals surface area (Å²) in [5, 5.41) is 7.30. The first kappa shape index (κ1) is 14.8. The quantitative estimate of drug-likeness (QED) is 0.778. The van der Waals surface area contributed by atoms with E-state index in [9.17, 15) is 4.79 Å². The second-order valence-corrected chi connectivity index (χ2v) is 5.89. The van der Waals surface area contributed by atoms with Gasteiger partial charge in [-0.05, 0) is 30.2 Å². The van der Waals surface area contributed by atoms with Gasteiger partial charge in [-0.2, -0.15) is 5.10 Å². The molecule has 0 unspecified atom stereocenters. The van der Waals surface area contributed by atoms with E-state index >= 15 is 0 Å². The fourth-order valence-electron chi connectivity index (χ4n) is 2.96. The minimum Gasteiger partial charge on any atom is -0.379 e. The van der Waals surface area contributed by atoms with Crippen LogP contribution in [0.4, 0.5) is 0 Å². The fourth-order valence-corrected chi connectivity index (χ4v) is 2.96. The molecule has 7 nitrogen and oxygen atoms in total. The van der Waals surface area contributed by atoms with Crippen LogP contribution in [-0.4, -0.2) is 44.7 Å². The summed E-state index contributed by atoms with van der Waals surface area (Å²) in [6.07, 6.45) is 7.85. The molecule has 122 valence electrons. The summed E-state index contributed by atoms with van der Waals surface area (Å²) >= 11 is 0. The molecule has 0 spiro atoms. The van der Waals surface area contributed by atoms with Crippen LogP contribution in [0.1, 0.15) is 16.1 Å². The first-order chi connectivity index (χ1) is 11.8. The van der Waals surface area contributed by atoms with Crippen molar-refractivity contribution in [2.45, 2.75) is 12.5 Å². The standard InChI is InChI=1S/C17H17N5O2/c23-17(14-9-16-19-4-1-7-22(16)21-14)20-15-11-24-10-13(15)8-12-2-5-18-6-3-12/h1-7,9,13,15H,8,10-11H2,(H,20,23)/t13-,15-/m1/s1. The van der Waals surface area contributed by atoms with E-state index in [2.05, 4.69) is 20.4 Å². The molecule has 0 aliphatic carbocycles. The molecule has 4 heterocycles. The van der Waals surface area contributed by atoms with Gasteiger partial charge in [0.1, 0.15) is 0 Å². The molecule has 1 fully saturated rings. The van der Waals surface area contributed by atoms with Crippen LogP contribution in [0.2, 0.25) is 0 Å². The highest BCUT2D eigenvalue weighted by molar-refractivity contribution is 5.93. The van der Waals surface area contributed by atoms with Gasteiger partial charge in [-0.3, -0.25) is 9.78 Å². The maximum atomic E-state index is 12.5. The smallest absolute Gasteiger partial charge is 0.272 e. The molecule has 4 rings (SSSR count). The van der Waals surface area contributed by atoms with Crippen molar-refractivity contribution in [3.05, 3.63) is 60.3 Å². The molecule has 1 aliphatic rings. The number of carbonyl (C=O) groups excluding carboxylic acids is 1. The molecule has 24 heavy (non-hydrogen) atoms. The first-order valence-electron chi connectivity index (χ1n) is 7.87. The minimum atomic E-state index is -0.198. The van der Waals surface area contributed by atoms with Crippen molar-refractivity contribution >= 4 is 11.6 Å². The Hall–Kier alpha value is -2.80. The third-order valence-electron chi connectivity index (χ3n) is 4.23. The van der Waals surface area contributed by atoms with E-state index in [1.165, 1.54) is 5.56 Å². The lowest BCUT2D eigenvalue weighted by Crippen LogP contribution is -2.40. The monoisotopic (exact) mass is 323 g/mol. The number of rotatable bonds is 4. The highest BCUT2D eigenvalue weighted by atomic mass is 16.5. The van der Waals surface area contributed by atoms with Crippen molar-refractivity contribution in [2.24, 2.45) is 5.92 Å². The van der Waals surface area contributed by atoms with E-state index in [-0.39, 0.29) is 17.9 Å². The lowest BCUT2D eigenvalue weighted by Gasteiger charge is -2.18. The number of nitrogens with one attached hydrogen (secondary N) is 1. The number of amides is 1. The second kappa shape index (κ2) is 6.37. The summed E-state index contributed by atoms with van der Waals surface area (Å²) in [4.78, 5) is 20.7. The van der Waals surface area contributed by atoms with E-state index in [1.54, 1.807) is 41.4 Å². The van der Waals surface area contributed by atoms with Crippen molar-refractivity contribution < 1.29 is 9.53 Å². The highest BCUT2D eigenvalue weighted by Gasteiger charge is 2.30. The number of carbonyl (C=O) groups is 1. The van der Waals surface area contributed by atoms with Crippen LogP contribution in [0, 0.1) is 5.92 Å². The predicted molar refractivity (Wildman–Crippen MR) is 86.5 cm³/mol. The molecule has 0 saturated carbocycles. The van der Waals surface area contributed by atoms with Crippen LogP contribution in [0.3, 0.4) is 0 Å². The normalized spacial score (nSPS) is 20.3. The molecule has 2 atom stereocenters. The van der Waals surface area contributed by atoms with E-state index in [4.69, 9.17) is 4.74 Å². The van der Waals surface area contributed by atoms with Crippen LogP contribution in [-0.2, 0) is 11.2 Å². The molecule has 1 amide bonds. The largest absolute Gasteiger partial charge is 0.379 e. The van der Waals surface area contributed by atoms with Gasteiger partial charge < -0.3 is 10.1 Å². The molecular weight excluding hydrogens is 306 g/mol. The third kappa shape index (κ3) is 2.98. The SMILES string of the molecule is O=C(N[C@@H]1COC[C@H]1Cc1ccncc1)c1cc2ncccn2n1. The summed E-state index contributed by atoms with van der Waals surface area (Å²) in [5.41, 5.74) is 2.21. The lowest BCUT2D eigenvalue weighted by atomic mass is 9.95. The number of aromatic nitrogens is 4. The summed E-state index contributed by atoms with van der Waals surface area (Å²) in [6, 6.07) is 7.42. The van der Waals surface area contributed by atoms with Crippen molar-refractivity contribution in [3.8, 4) is 0 Å². The summed E-state index contributed by atoms with van der Waals surface area (Å²) < 4.78 is 7.16. The fraction of sp³-hybridized carbons (Fsp3) is 0.294. The van der Waals surface area contributed by atoms with Crippen LogP contribution in [0.5, 0.6) is 0 Å². The zero-order valence-electron chi connectivity index (χ0n) is 13.0. The molecule has 3 aromatic rings. The molecule has 1 aliphatic heterocycles. The molecular formula is C17H17N5O2. The number of hydrogen-bond acceptors (Lipinski definition) is 5. The van der Waals surface area contributed by atoms with Gasteiger partial charge in [0.25, 0.3) is 5.91 Å². The van der Waals surface area contributed by atoms with Crippen molar-refractivity contribution in [3.63, 3.8) is 0 Å². The van der Waals surface area contributed by atoms with Gasteiger partial charge >= 0.3 is 0 Å². The van der Waals surface area contributed by atoms with Gasteiger partial charge in [0, 0.05) is 36.8 Å². The van der Waals surface area contributed by atoms with Gasteiger partial charge in [0.15, 0.2) is 11.3 Å². The first-order valence-corrected chi connectivity index (χ1v) is 7.87. The Labute approximate surface area is 138 Å². The van der Waals surface area contributed by atoms with Crippen molar-refractivity contribution in [1.29, 1.82) is 0 Å². The van der Waals surface area contributed by atoms with E-state index in [0.717, 1.165) is 6.42 Å². The van der Waals surface area contributed by atoms with E-state index < -0.39 is 0 Å². The average Bonchev–Trinajstić information content (AvgIpc) is 3.23. The molecule has 0 bridgehead atoms. The van der Waals surface area contributed by atoms with Crippen molar-refractivity contribution in [2.75, 3.05) is 13.2 Å². The lowest BCUT2D eigenvalue weighted by molar-refractivity contribution is 0.0919. The molecule has 0 radical (unpaired) electrons. The van der Waals surface area contributed by atoms with Crippen LogP contribution >= 0.6 is 0 Å².